The van der Waals surface area contributed by atoms with Crippen LogP contribution in [0.3, 0.4) is 0 Å². The van der Waals surface area contributed by atoms with Gasteiger partial charge >= 0.3 is 5.97 Å². The molecule has 1 aromatic rings. The van der Waals surface area contributed by atoms with Crippen LogP contribution in [0.1, 0.15) is 24.8 Å². The maximum atomic E-state index is 13.6. The summed E-state index contributed by atoms with van der Waals surface area (Å²) in [6, 6.07) is 2.83. The summed E-state index contributed by atoms with van der Waals surface area (Å²) >= 11 is 1.40. The molecule has 0 aromatic heterocycles. The smallest absolute Gasteiger partial charge is 0.304 e. The topological polar surface area (TPSA) is 46.5 Å². The highest BCUT2D eigenvalue weighted by Gasteiger charge is 2.48. The van der Waals surface area contributed by atoms with Gasteiger partial charge in [-0.3, -0.25) is 4.79 Å². The van der Waals surface area contributed by atoms with Crippen molar-refractivity contribution in [3.63, 3.8) is 0 Å². The largest absolute Gasteiger partial charge is 0.495 e. The third-order valence-corrected chi connectivity index (χ3v) is 4.10. The normalized spacial score (nSPS) is 16.4. The Balaban J connectivity index is 2.49. The molecule has 0 radical (unpaired) electrons. The second-order valence-corrected chi connectivity index (χ2v) is 5.39. The van der Waals surface area contributed by atoms with E-state index < -0.39 is 11.4 Å². The van der Waals surface area contributed by atoms with Crippen LogP contribution in [0, 0.1) is 5.82 Å². The third-order valence-electron chi connectivity index (χ3n) is 3.36. The molecule has 3 nitrogen and oxygen atoms in total. The average molecular weight is 270 g/mol. The average Bonchev–Trinajstić information content (AvgIpc) is 3.07. The molecule has 0 bridgehead atoms. The van der Waals surface area contributed by atoms with Gasteiger partial charge in [-0.2, -0.15) is 0 Å². The van der Waals surface area contributed by atoms with Gasteiger partial charge in [-0.05, 0) is 31.2 Å². The first-order valence-electron chi connectivity index (χ1n) is 5.66. The minimum Gasteiger partial charge on any atom is -0.495 e. The van der Waals surface area contributed by atoms with Gasteiger partial charge in [-0.15, -0.1) is 11.8 Å². The van der Waals surface area contributed by atoms with Crippen molar-refractivity contribution in [3.05, 3.63) is 23.5 Å². The van der Waals surface area contributed by atoms with Gasteiger partial charge in [0.2, 0.25) is 0 Å². The van der Waals surface area contributed by atoms with Crippen LogP contribution < -0.4 is 4.74 Å². The fourth-order valence-corrected chi connectivity index (χ4v) is 2.92. The molecule has 0 spiro atoms. The quantitative estimate of drug-likeness (QED) is 0.835. The summed E-state index contributed by atoms with van der Waals surface area (Å²) < 4.78 is 19.0. The Morgan fingerprint density at radius 3 is 2.67 bits per heavy atom. The lowest BCUT2D eigenvalue weighted by Crippen LogP contribution is -2.15. The number of hydrogen-bond acceptors (Lipinski definition) is 3. The van der Waals surface area contributed by atoms with Crippen molar-refractivity contribution >= 4 is 17.7 Å². The Labute approximate surface area is 109 Å². The first-order chi connectivity index (χ1) is 8.52. The van der Waals surface area contributed by atoms with Crippen LogP contribution >= 0.6 is 11.8 Å². The summed E-state index contributed by atoms with van der Waals surface area (Å²) in [5, 5.41) is 8.97. The molecule has 0 heterocycles. The van der Waals surface area contributed by atoms with E-state index in [0.29, 0.717) is 16.2 Å². The molecule has 0 unspecified atom stereocenters. The standard InChI is InChI=1S/C13H15FO3S/c1-17-12-9(5-8(14)6-10(12)18-2)13(3-4-13)7-11(15)16/h5-6H,3-4,7H2,1-2H3,(H,15,16). The van der Waals surface area contributed by atoms with E-state index in [4.69, 9.17) is 9.84 Å². The van der Waals surface area contributed by atoms with E-state index >= 15 is 0 Å². The number of carboxylic acid groups (broad SMARTS) is 1. The second kappa shape index (κ2) is 4.80. The predicted octanol–water partition coefficient (Wildman–Crippen LogP) is 3.06. The van der Waals surface area contributed by atoms with Crippen molar-refractivity contribution in [1.82, 2.24) is 0 Å². The molecule has 0 amide bonds. The predicted molar refractivity (Wildman–Crippen MR) is 67.9 cm³/mol. The van der Waals surface area contributed by atoms with Gasteiger partial charge in [-0.25, -0.2) is 4.39 Å². The molecule has 1 aliphatic carbocycles. The summed E-state index contributed by atoms with van der Waals surface area (Å²) in [6.07, 6.45) is 3.42. The molecule has 1 fully saturated rings. The minimum atomic E-state index is -0.857. The lowest BCUT2D eigenvalue weighted by atomic mass is 9.91. The van der Waals surface area contributed by atoms with E-state index in [1.165, 1.54) is 31.0 Å². The van der Waals surface area contributed by atoms with Crippen LogP contribution in [-0.2, 0) is 10.2 Å². The highest BCUT2D eigenvalue weighted by atomic mass is 32.2. The molecule has 0 atom stereocenters. The summed E-state index contributed by atoms with van der Waals surface area (Å²) in [5.74, 6) is -0.584. The number of ether oxygens (including phenoxy) is 1. The van der Waals surface area contributed by atoms with E-state index in [9.17, 15) is 9.18 Å². The van der Waals surface area contributed by atoms with E-state index in [1.54, 1.807) is 0 Å². The molecule has 5 heteroatoms. The second-order valence-electron chi connectivity index (χ2n) is 4.54. The van der Waals surface area contributed by atoms with Crippen molar-refractivity contribution in [2.75, 3.05) is 13.4 Å². The van der Waals surface area contributed by atoms with Gasteiger partial charge in [0.15, 0.2) is 0 Å². The number of aliphatic carboxylic acids is 1. The van der Waals surface area contributed by atoms with Gasteiger partial charge in [0.25, 0.3) is 0 Å². The Morgan fingerprint density at radius 1 is 1.56 bits per heavy atom. The van der Waals surface area contributed by atoms with E-state index in [-0.39, 0.29) is 12.2 Å². The van der Waals surface area contributed by atoms with E-state index in [0.717, 1.165) is 12.8 Å². The van der Waals surface area contributed by atoms with Crippen molar-refractivity contribution in [2.24, 2.45) is 0 Å². The number of methoxy groups -OCH3 is 1. The maximum absolute atomic E-state index is 13.6. The van der Waals surface area contributed by atoms with Gasteiger partial charge in [0.05, 0.1) is 18.4 Å². The summed E-state index contributed by atoms with van der Waals surface area (Å²) in [7, 11) is 1.54. The molecule has 0 aliphatic heterocycles. The Hall–Kier alpha value is -1.23. The zero-order valence-electron chi connectivity index (χ0n) is 10.3. The Kier molecular flexibility index (Phi) is 3.52. The maximum Gasteiger partial charge on any atom is 0.304 e. The number of rotatable bonds is 5. The monoisotopic (exact) mass is 270 g/mol. The van der Waals surface area contributed by atoms with Crippen LogP contribution in [0.5, 0.6) is 5.75 Å². The molecule has 98 valence electrons. The number of carboxylic acids is 1. The molecular weight excluding hydrogens is 255 g/mol. The summed E-state index contributed by atoms with van der Waals surface area (Å²) in [5.41, 5.74) is 0.251. The van der Waals surface area contributed by atoms with Gasteiger partial charge in [0, 0.05) is 11.0 Å². The molecule has 0 saturated heterocycles. The zero-order valence-corrected chi connectivity index (χ0v) is 11.1. The van der Waals surface area contributed by atoms with Gasteiger partial charge in [-0.1, -0.05) is 0 Å². The molecule has 1 saturated carbocycles. The van der Waals surface area contributed by atoms with Gasteiger partial charge in [0.1, 0.15) is 11.6 Å². The first kappa shape index (κ1) is 13.2. The lowest BCUT2D eigenvalue weighted by Gasteiger charge is -2.19. The minimum absolute atomic E-state index is 0.0284. The van der Waals surface area contributed by atoms with Crippen LogP contribution in [0.15, 0.2) is 17.0 Å². The fourth-order valence-electron chi connectivity index (χ4n) is 2.31. The summed E-state index contributed by atoms with van der Waals surface area (Å²) in [6.45, 7) is 0. The first-order valence-corrected chi connectivity index (χ1v) is 6.89. The van der Waals surface area contributed by atoms with Crippen molar-refractivity contribution in [1.29, 1.82) is 0 Å². The molecular formula is C13H15FO3S. The SMILES string of the molecule is COc1c(SC)cc(F)cc1C1(CC(=O)O)CC1. The zero-order chi connectivity index (χ0) is 13.3. The number of benzene rings is 1. The van der Waals surface area contributed by atoms with Crippen LogP contribution in [0.4, 0.5) is 4.39 Å². The Bertz CT molecular complexity index is 483. The molecule has 18 heavy (non-hydrogen) atoms. The van der Waals surface area contributed by atoms with E-state index in [2.05, 4.69) is 0 Å². The van der Waals surface area contributed by atoms with Gasteiger partial charge < -0.3 is 9.84 Å². The number of hydrogen-bond donors (Lipinski definition) is 1. The highest BCUT2D eigenvalue weighted by molar-refractivity contribution is 7.98. The van der Waals surface area contributed by atoms with Crippen LogP contribution in [-0.4, -0.2) is 24.4 Å². The van der Waals surface area contributed by atoms with E-state index in [1.807, 2.05) is 6.26 Å². The fraction of sp³-hybridized carbons (Fsp3) is 0.462. The summed E-state index contributed by atoms with van der Waals surface area (Å²) in [4.78, 5) is 11.6. The van der Waals surface area contributed by atoms with Crippen LogP contribution in [0.2, 0.25) is 0 Å². The molecule has 1 N–H and O–H groups in total. The van der Waals surface area contributed by atoms with Crippen molar-refractivity contribution < 1.29 is 19.0 Å². The molecule has 1 aromatic carbocycles. The molecule has 1 aliphatic rings. The number of halogens is 1. The lowest BCUT2D eigenvalue weighted by molar-refractivity contribution is -0.137. The third kappa shape index (κ3) is 2.32. The molecule has 2 rings (SSSR count). The number of carbonyl (C=O) groups is 1. The Morgan fingerprint density at radius 2 is 2.22 bits per heavy atom. The number of thioether (sulfide) groups is 1. The highest BCUT2D eigenvalue weighted by Crippen LogP contribution is 2.55. The van der Waals surface area contributed by atoms with Crippen molar-refractivity contribution in [3.8, 4) is 5.75 Å². The van der Waals surface area contributed by atoms with Crippen LogP contribution in [0.25, 0.3) is 0 Å². The van der Waals surface area contributed by atoms with Crippen molar-refractivity contribution in [2.45, 2.75) is 29.6 Å².